The molecule has 3 heterocycles. The van der Waals surface area contributed by atoms with Crippen molar-refractivity contribution in [1.82, 2.24) is 14.7 Å². The van der Waals surface area contributed by atoms with Crippen molar-refractivity contribution in [2.24, 2.45) is 16.8 Å². The standard InChI is InChI=1S/C20H34N5O2/c1-6-7-8-9-25-16(13-24-11-14(2)10-15(3)12-24)21-18-17(25)19(26)23(5)20(27)22(18)4/h14-15,17H,6-13H2,1-5H3/q+1. The van der Waals surface area contributed by atoms with Gasteiger partial charge in [0.15, 0.2) is 0 Å². The van der Waals surface area contributed by atoms with Crippen LogP contribution in [-0.2, 0) is 4.79 Å². The molecule has 150 valence electrons. The largest absolute Gasteiger partial charge is 0.333 e. The highest BCUT2D eigenvalue weighted by molar-refractivity contribution is 6.23. The molecule has 7 heteroatoms. The number of aliphatic imine (C=N–C) groups is 1. The fourth-order valence-electron chi connectivity index (χ4n) is 4.69. The molecule has 3 rings (SSSR count). The first kappa shape index (κ1) is 20.0. The number of rotatable bonds is 6. The second-order valence-corrected chi connectivity index (χ2v) is 8.57. The fourth-order valence-corrected chi connectivity index (χ4v) is 4.69. The smallest absolute Gasteiger partial charge is 0.292 e. The number of carbonyl (C=O) groups excluding carboxylic acids is 2. The zero-order valence-electron chi connectivity index (χ0n) is 17.4. The molecule has 3 aliphatic rings. The number of amidine groups is 2. The molecule has 0 aromatic heterocycles. The second kappa shape index (κ2) is 8.09. The van der Waals surface area contributed by atoms with Crippen LogP contribution in [0.1, 0.15) is 46.5 Å². The molecule has 0 radical (unpaired) electrons. The van der Waals surface area contributed by atoms with Gasteiger partial charge in [0.25, 0.3) is 17.8 Å². The molecule has 2 fully saturated rings. The third kappa shape index (κ3) is 3.93. The van der Waals surface area contributed by atoms with Gasteiger partial charge in [0.2, 0.25) is 0 Å². The van der Waals surface area contributed by atoms with E-state index in [4.69, 9.17) is 4.99 Å². The maximum atomic E-state index is 12.9. The number of hydrogen-bond acceptors (Lipinski definition) is 4. The molecule has 2 saturated heterocycles. The molecule has 0 aliphatic carbocycles. The Balaban J connectivity index is 1.87. The summed E-state index contributed by atoms with van der Waals surface area (Å²) in [7, 11) is 3.28. The van der Waals surface area contributed by atoms with Gasteiger partial charge in [-0.25, -0.2) is 9.37 Å². The summed E-state index contributed by atoms with van der Waals surface area (Å²) in [5, 5.41) is 0. The predicted molar refractivity (Wildman–Crippen MR) is 106 cm³/mol. The summed E-state index contributed by atoms with van der Waals surface area (Å²) in [6.45, 7) is 10.5. The molecule has 3 amide bonds. The average molecular weight is 377 g/mol. The van der Waals surface area contributed by atoms with Gasteiger partial charge in [-0.1, -0.05) is 27.2 Å². The first-order valence-electron chi connectivity index (χ1n) is 10.3. The van der Waals surface area contributed by atoms with E-state index < -0.39 is 6.04 Å². The SMILES string of the molecule is CCCCC[N+]1=C(CN2CC(C)CC(C)C2)N=C2C1C(=O)N(C)C(=O)N2C. The van der Waals surface area contributed by atoms with Gasteiger partial charge in [-0.05, 0) is 36.1 Å². The van der Waals surface area contributed by atoms with Gasteiger partial charge in [-0.15, -0.1) is 0 Å². The van der Waals surface area contributed by atoms with E-state index >= 15 is 0 Å². The Bertz CT molecular complexity index is 661. The Hall–Kier alpha value is -1.76. The van der Waals surface area contributed by atoms with Gasteiger partial charge in [-0.2, -0.15) is 0 Å². The van der Waals surface area contributed by atoms with E-state index in [0.717, 1.165) is 51.3 Å². The zero-order valence-corrected chi connectivity index (χ0v) is 17.4. The van der Waals surface area contributed by atoms with Crippen LogP contribution < -0.4 is 0 Å². The van der Waals surface area contributed by atoms with Gasteiger partial charge in [0, 0.05) is 27.2 Å². The summed E-state index contributed by atoms with van der Waals surface area (Å²) in [5.41, 5.74) is 0. The van der Waals surface area contributed by atoms with Crippen LogP contribution in [0.3, 0.4) is 0 Å². The first-order valence-corrected chi connectivity index (χ1v) is 10.3. The fraction of sp³-hybridized carbons (Fsp3) is 0.800. The number of likely N-dealkylation sites (N-methyl/N-ethyl adjacent to an activating group) is 2. The lowest BCUT2D eigenvalue weighted by Crippen LogP contribution is -2.61. The maximum Gasteiger partial charge on any atom is 0.333 e. The molecule has 27 heavy (non-hydrogen) atoms. The number of amides is 3. The molecule has 0 aromatic rings. The summed E-state index contributed by atoms with van der Waals surface area (Å²) < 4.78 is 2.15. The quantitative estimate of drug-likeness (QED) is 0.525. The lowest BCUT2D eigenvalue weighted by atomic mass is 9.92. The van der Waals surface area contributed by atoms with Crippen molar-refractivity contribution in [3.8, 4) is 0 Å². The number of nitrogens with zero attached hydrogens (tertiary/aromatic N) is 5. The Kier molecular flexibility index (Phi) is 5.99. The van der Waals surface area contributed by atoms with Crippen molar-refractivity contribution in [2.75, 3.05) is 40.3 Å². The van der Waals surface area contributed by atoms with Crippen LogP contribution in [0.25, 0.3) is 0 Å². The number of imide groups is 1. The molecule has 3 unspecified atom stereocenters. The van der Waals surface area contributed by atoms with Crippen LogP contribution in [0.15, 0.2) is 4.99 Å². The van der Waals surface area contributed by atoms with Gasteiger partial charge in [0.05, 0.1) is 6.54 Å². The Labute approximate surface area is 162 Å². The zero-order chi connectivity index (χ0) is 19.7. The van der Waals surface area contributed by atoms with Gasteiger partial charge < -0.3 is 0 Å². The van der Waals surface area contributed by atoms with E-state index in [1.54, 1.807) is 14.1 Å². The van der Waals surface area contributed by atoms with Crippen LogP contribution in [0, 0.1) is 11.8 Å². The number of fused-ring (bicyclic) bond motifs is 1. The molecule has 3 aliphatic heterocycles. The maximum absolute atomic E-state index is 12.9. The van der Waals surface area contributed by atoms with Crippen LogP contribution in [0.5, 0.6) is 0 Å². The monoisotopic (exact) mass is 376 g/mol. The van der Waals surface area contributed by atoms with Crippen LogP contribution in [0.2, 0.25) is 0 Å². The van der Waals surface area contributed by atoms with Gasteiger partial charge in [-0.3, -0.25) is 19.5 Å². The minimum absolute atomic E-state index is 0.163. The molecule has 0 aromatic carbocycles. The number of unbranched alkanes of at least 4 members (excludes halogenated alkanes) is 2. The van der Waals surface area contributed by atoms with Crippen LogP contribution in [0.4, 0.5) is 4.79 Å². The molecule has 0 saturated carbocycles. The molecule has 3 atom stereocenters. The van der Waals surface area contributed by atoms with Crippen molar-refractivity contribution >= 4 is 23.6 Å². The Morgan fingerprint density at radius 3 is 2.37 bits per heavy atom. The highest BCUT2D eigenvalue weighted by Gasteiger charge is 2.52. The van der Waals surface area contributed by atoms with E-state index in [1.165, 1.54) is 16.2 Å². The second-order valence-electron chi connectivity index (χ2n) is 8.57. The summed E-state index contributed by atoms with van der Waals surface area (Å²) in [4.78, 5) is 35.2. The Morgan fingerprint density at radius 2 is 1.74 bits per heavy atom. The Morgan fingerprint density at radius 1 is 1.07 bits per heavy atom. The predicted octanol–water partition coefficient (Wildman–Crippen LogP) is 1.87. The van der Waals surface area contributed by atoms with Crippen molar-refractivity contribution in [3.63, 3.8) is 0 Å². The lowest BCUT2D eigenvalue weighted by molar-refractivity contribution is -0.537. The first-order chi connectivity index (χ1) is 12.8. The van der Waals surface area contributed by atoms with Crippen molar-refractivity contribution in [1.29, 1.82) is 0 Å². The normalized spacial score (nSPS) is 29.5. The molecule has 7 nitrogen and oxygen atoms in total. The van der Waals surface area contributed by atoms with Crippen molar-refractivity contribution in [2.45, 2.75) is 52.5 Å². The lowest BCUT2D eigenvalue weighted by Gasteiger charge is -2.34. The number of carbonyl (C=O) groups is 2. The van der Waals surface area contributed by atoms with E-state index in [-0.39, 0.29) is 11.9 Å². The topological polar surface area (TPSA) is 59.2 Å². The minimum atomic E-state index is -0.454. The highest BCUT2D eigenvalue weighted by atomic mass is 16.2. The molecular formula is C20H34N5O2+. The van der Waals surface area contributed by atoms with E-state index in [1.807, 2.05) is 0 Å². The number of hydrogen-bond donors (Lipinski definition) is 0. The molecule has 0 bridgehead atoms. The minimum Gasteiger partial charge on any atom is -0.292 e. The van der Waals surface area contributed by atoms with Crippen molar-refractivity contribution in [3.05, 3.63) is 0 Å². The highest BCUT2D eigenvalue weighted by Crippen LogP contribution is 2.23. The van der Waals surface area contributed by atoms with E-state index in [9.17, 15) is 9.59 Å². The van der Waals surface area contributed by atoms with Gasteiger partial charge >= 0.3 is 11.9 Å². The van der Waals surface area contributed by atoms with Crippen molar-refractivity contribution < 1.29 is 14.2 Å². The third-order valence-corrected chi connectivity index (χ3v) is 5.93. The summed E-state index contributed by atoms with van der Waals surface area (Å²) >= 11 is 0. The third-order valence-electron chi connectivity index (χ3n) is 5.93. The average Bonchev–Trinajstić information content (AvgIpc) is 2.96. The molecular weight excluding hydrogens is 342 g/mol. The number of likely N-dealkylation sites (tertiary alicyclic amines) is 1. The summed E-state index contributed by atoms with van der Waals surface area (Å²) in [5.74, 6) is 2.72. The van der Waals surface area contributed by atoms with Gasteiger partial charge in [0.1, 0.15) is 6.54 Å². The molecule has 0 N–H and O–H groups in total. The van der Waals surface area contributed by atoms with Crippen LogP contribution in [-0.4, -0.2) is 89.2 Å². The summed E-state index contributed by atoms with van der Waals surface area (Å²) in [6, 6.07) is -0.755. The van der Waals surface area contributed by atoms with E-state index in [0.29, 0.717) is 17.7 Å². The number of piperidine rings is 1. The van der Waals surface area contributed by atoms with E-state index in [2.05, 4.69) is 30.2 Å². The number of urea groups is 1. The molecule has 0 spiro atoms. The summed E-state index contributed by atoms with van der Waals surface area (Å²) in [6.07, 6.45) is 4.56. The van der Waals surface area contributed by atoms with Crippen LogP contribution >= 0.6 is 0 Å².